The molecule has 0 radical (unpaired) electrons. The maximum atomic E-state index is 13.1. The third-order valence-electron chi connectivity index (χ3n) is 6.39. The van der Waals surface area contributed by atoms with E-state index in [1.807, 2.05) is 12.1 Å². The zero-order valence-electron chi connectivity index (χ0n) is 19.5. The van der Waals surface area contributed by atoms with E-state index in [4.69, 9.17) is 11.5 Å². The van der Waals surface area contributed by atoms with Crippen molar-refractivity contribution in [2.24, 2.45) is 16.9 Å². The maximum absolute atomic E-state index is 13.1. The molecule has 1 aromatic carbocycles. The van der Waals surface area contributed by atoms with Crippen molar-refractivity contribution in [3.8, 4) is 0 Å². The minimum atomic E-state index is -0.604. The number of nitrogens with zero attached hydrogens (tertiary/aromatic N) is 2. The van der Waals surface area contributed by atoms with Gasteiger partial charge in [-0.3, -0.25) is 19.7 Å². The van der Waals surface area contributed by atoms with Gasteiger partial charge in [0, 0.05) is 42.9 Å². The van der Waals surface area contributed by atoms with Crippen molar-refractivity contribution in [1.82, 2.24) is 10.2 Å². The second-order valence-corrected chi connectivity index (χ2v) is 9.30. The molecule has 0 bridgehead atoms. The van der Waals surface area contributed by atoms with Crippen LogP contribution in [0.1, 0.15) is 61.9 Å². The molecule has 1 saturated heterocycles. The Bertz CT molecular complexity index is 849. The second-order valence-electron chi connectivity index (χ2n) is 9.30. The molecule has 10 heteroatoms. The molecule has 8 nitrogen and oxygen atoms in total. The molecule has 2 aliphatic rings. The van der Waals surface area contributed by atoms with Gasteiger partial charge in [0.25, 0.3) is 5.91 Å². The predicted octanol–water partition coefficient (Wildman–Crippen LogP) is 2.21. The minimum Gasteiger partial charge on any atom is -0.371 e. The Morgan fingerprint density at radius 3 is 2.48 bits per heavy atom. The van der Waals surface area contributed by atoms with Crippen LogP contribution >= 0.6 is 24.8 Å². The van der Waals surface area contributed by atoms with E-state index in [9.17, 15) is 14.4 Å². The molecular weight excluding hydrogens is 465 g/mol. The molecule has 1 unspecified atom stereocenters. The summed E-state index contributed by atoms with van der Waals surface area (Å²) in [5.74, 6) is -0.807. The zero-order chi connectivity index (χ0) is 22.6. The number of piperidine rings is 1. The van der Waals surface area contributed by atoms with E-state index in [-0.39, 0.29) is 54.4 Å². The molecule has 5 N–H and O–H groups in total. The van der Waals surface area contributed by atoms with Crippen molar-refractivity contribution in [2.75, 3.05) is 31.1 Å². The lowest BCUT2D eigenvalue weighted by atomic mass is 9.89. The van der Waals surface area contributed by atoms with Crippen LogP contribution in [0.3, 0.4) is 0 Å². The lowest BCUT2D eigenvalue weighted by Gasteiger charge is -2.32. The quantitative estimate of drug-likeness (QED) is 0.333. The number of imide groups is 1. The summed E-state index contributed by atoms with van der Waals surface area (Å²) in [7, 11) is 0. The van der Waals surface area contributed by atoms with Crippen molar-refractivity contribution < 1.29 is 14.4 Å². The van der Waals surface area contributed by atoms with Crippen LogP contribution in [0.15, 0.2) is 18.2 Å². The lowest BCUT2D eigenvalue weighted by molar-refractivity contribution is -0.136. The van der Waals surface area contributed by atoms with E-state index in [1.54, 1.807) is 4.90 Å². The SMILES string of the molecule is CC(C)(CN)CCN(CCCCN)c1cccc2c1CN(C1CCC(=O)NC1=O)C2=O.Cl.Cl. The largest absolute Gasteiger partial charge is 0.371 e. The Morgan fingerprint density at radius 2 is 1.85 bits per heavy atom. The molecular formula is C23H37Cl2N5O3. The average Bonchev–Trinajstić information content (AvgIpc) is 3.07. The summed E-state index contributed by atoms with van der Waals surface area (Å²) in [6, 6.07) is 5.18. The summed E-state index contributed by atoms with van der Waals surface area (Å²) in [6.07, 6.45) is 3.45. The topological polar surface area (TPSA) is 122 Å². The number of benzene rings is 1. The zero-order valence-corrected chi connectivity index (χ0v) is 21.1. The van der Waals surface area contributed by atoms with Gasteiger partial charge in [-0.15, -0.1) is 24.8 Å². The number of fused-ring (bicyclic) bond motifs is 1. The molecule has 186 valence electrons. The van der Waals surface area contributed by atoms with Gasteiger partial charge in [0.1, 0.15) is 6.04 Å². The number of amides is 3. The van der Waals surface area contributed by atoms with Crippen LogP contribution in [-0.2, 0) is 16.1 Å². The van der Waals surface area contributed by atoms with Gasteiger partial charge in [-0.1, -0.05) is 19.9 Å². The van der Waals surface area contributed by atoms with E-state index in [0.717, 1.165) is 43.6 Å². The Hall–Kier alpha value is -1.87. The maximum Gasteiger partial charge on any atom is 0.255 e. The molecule has 3 rings (SSSR count). The van der Waals surface area contributed by atoms with Gasteiger partial charge in [-0.25, -0.2) is 0 Å². The van der Waals surface area contributed by atoms with Crippen LogP contribution in [0.4, 0.5) is 5.69 Å². The molecule has 1 atom stereocenters. The van der Waals surface area contributed by atoms with Crippen LogP contribution in [0.2, 0.25) is 0 Å². The van der Waals surface area contributed by atoms with Gasteiger partial charge >= 0.3 is 0 Å². The second kappa shape index (κ2) is 12.6. The van der Waals surface area contributed by atoms with Gasteiger partial charge in [0.15, 0.2) is 0 Å². The summed E-state index contributed by atoms with van der Waals surface area (Å²) in [6.45, 7) is 7.64. The monoisotopic (exact) mass is 501 g/mol. The van der Waals surface area contributed by atoms with Gasteiger partial charge in [0.05, 0.1) is 0 Å². The van der Waals surface area contributed by atoms with Crippen molar-refractivity contribution in [1.29, 1.82) is 0 Å². The van der Waals surface area contributed by atoms with E-state index in [1.165, 1.54) is 0 Å². The summed E-state index contributed by atoms with van der Waals surface area (Å²) in [5.41, 5.74) is 14.3. The number of nitrogens with one attached hydrogen (secondary N) is 1. The smallest absolute Gasteiger partial charge is 0.255 e. The molecule has 2 heterocycles. The summed E-state index contributed by atoms with van der Waals surface area (Å²) < 4.78 is 0. The normalized spacial score (nSPS) is 17.8. The molecule has 0 aromatic heterocycles. The van der Waals surface area contributed by atoms with Crippen LogP contribution in [0, 0.1) is 5.41 Å². The van der Waals surface area contributed by atoms with E-state index in [0.29, 0.717) is 31.6 Å². The average molecular weight is 502 g/mol. The number of nitrogens with two attached hydrogens (primary N) is 2. The highest BCUT2D eigenvalue weighted by molar-refractivity contribution is 6.06. The van der Waals surface area contributed by atoms with Crippen molar-refractivity contribution >= 4 is 48.2 Å². The minimum absolute atomic E-state index is 0. The third-order valence-corrected chi connectivity index (χ3v) is 6.39. The predicted molar refractivity (Wildman–Crippen MR) is 135 cm³/mol. The van der Waals surface area contributed by atoms with Crippen molar-refractivity contribution in [2.45, 2.75) is 58.5 Å². The van der Waals surface area contributed by atoms with Gasteiger partial charge in [-0.2, -0.15) is 0 Å². The molecule has 33 heavy (non-hydrogen) atoms. The Labute approximate surface area is 208 Å². The Balaban J connectivity index is 0.00000272. The third kappa shape index (κ3) is 6.82. The van der Waals surface area contributed by atoms with E-state index in [2.05, 4.69) is 30.1 Å². The number of unbranched alkanes of at least 4 members (excludes halogenated alkanes) is 1. The Morgan fingerprint density at radius 1 is 1.12 bits per heavy atom. The van der Waals surface area contributed by atoms with Crippen LogP contribution < -0.4 is 21.7 Å². The number of rotatable bonds is 10. The van der Waals surface area contributed by atoms with E-state index < -0.39 is 6.04 Å². The first kappa shape index (κ1) is 29.2. The standard InChI is InChI=1S/C23H35N5O3.2ClH/c1-23(2,15-25)10-13-27(12-4-3-11-24)18-7-5-6-16-17(18)14-28(22(16)31)19-8-9-20(29)26-21(19)30;;/h5-7,19H,3-4,8-15,24-25H2,1-2H3,(H,26,29,30);2*1H. The highest BCUT2D eigenvalue weighted by Gasteiger charge is 2.40. The molecule has 0 saturated carbocycles. The number of carbonyl (C=O) groups excluding carboxylic acids is 3. The first-order chi connectivity index (χ1) is 14.8. The first-order valence-electron chi connectivity index (χ1n) is 11.2. The molecule has 2 aliphatic heterocycles. The van der Waals surface area contributed by atoms with Crippen LogP contribution in [0.25, 0.3) is 0 Å². The number of hydrogen-bond donors (Lipinski definition) is 3. The fraction of sp³-hybridized carbons (Fsp3) is 0.609. The summed E-state index contributed by atoms with van der Waals surface area (Å²) >= 11 is 0. The first-order valence-corrected chi connectivity index (χ1v) is 11.2. The lowest BCUT2D eigenvalue weighted by Crippen LogP contribution is -2.52. The van der Waals surface area contributed by atoms with E-state index >= 15 is 0 Å². The summed E-state index contributed by atoms with van der Waals surface area (Å²) in [5, 5.41) is 2.36. The summed E-state index contributed by atoms with van der Waals surface area (Å²) in [4.78, 5) is 41.0. The molecule has 1 aromatic rings. The van der Waals surface area contributed by atoms with Crippen LogP contribution in [0.5, 0.6) is 0 Å². The van der Waals surface area contributed by atoms with Gasteiger partial charge in [0.2, 0.25) is 11.8 Å². The van der Waals surface area contributed by atoms with Crippen LogP contribution in [-0.4, -0.2) is 54.8 Å². The molecule has 1 fully saturated rings. The molecule has 0 aliphatic carbocycles. The fourth-order valence-electron chi connectivity index (χ4n) is 4.20. The van der Waals surface area contributed by atoms with Crippen molar-refractivity contribution in [3.63, 3.8) is 0 Å². The van der Waals surface area contributed by atoms with Crippen molar-refractivity contribution in [3.05, 3.63) is 29.3 Å². The number of anilines is 1. The number of carbonyl (C=O) groups is 3. The van der Waals surface area contributed by atoms with Gasteiger partial charge in [-0.05, 0) is 56.3 Å². The highest BCUT2D eigenvalue weighted by Crippen LogP contribution is 2.35. The number of hydrogen-bond acceptors (Lipinski definition) is 6. The highest BCUT2D eigenvalue weighted by atomic mass is 35.5. The Kier molecular flexibility index (Phi) is 11.1. The molecule has 3 amide bonds. The molecule has 0 spiro atoms. The van der Waals surface area contributed by atoms with Gasteiger partial charge < -0.3 is 21.3 Å². The fourth-order valence-corrected chi connectivity index (χ4v) is 4.20. The number of halogens is 2.